The molecule has 0 amide bonds. The van der Waals surface area contributed by atoms with Gasteiger partial charge in [-0.05, 0) is 24.3 Å². The summed E-state index contributed by atoms with van der Waals surface area (Å²) >= 11 is -5.69. The highest BCUT2D eigenvalue weighted by atomic mass is 127. The zero-order chi connectivity index (χ0) is 10.5. The van der Waals surface area contributed by atoms with Crippen LogP contribution in [0.1, 0.15) is 0 Å². The minimum absolute atomic E-state index is 0.749. The molecule has 0 aliphatic rings. The fourth-order valence-corrected chi connectivity index (χ4v) is 0.496. The van der Waals surface area contributed by atoms with Gasteiger partial charge in [-0.15, -0.1) is 0 Å². The number of rotatable bonds is 0. The van der Waals surface area contributed by atoms with E-state index in [0.717, 1.165) is 11.4 Å². The van der Waals surface area contributed by atoms with Gasteiger partial charge >= 0.3 is 20.1 Å². The third kappa shape index (κ3) is 11.4. The third-order valence-corrected chi connectivity index (χ3v) is 0.936. The monoisotopic (exact) mass is 300 g/mol. The molecular formula is C6H9IN2O4. The van der Waals surface area contributed by atoms with Gasteiger partial charge in [0.05, 0.1) is 0 Å². The summed E-state index contributed by atoms with van der Waals surface area (Å²) in [5.41, 5.74) is 12.2. The van der Waals surface area contributed by atoms with Crippen LogP contribution in [0.15, 0.2) is 24.3 Å². The minimum Gasteiger partial charge on any atom is -0.399 e. The molecule has 6 nitrogen and oxygen atoms in total. The summed E-state index contributed by atoms with van der Waals surface area (Å²) in [6.45, 7) is 0. The normalized spacial score (nSPS) is 10.2. The van der Waals surface area contributed by atoms with Crippen molar-refractivity contribution in [3.63, 3.8) is 0 Å². The van der Waals surface area contributed by atoms with Gasteiger partial charge in [-0.1, -0.05) is 0 Å². The van der Waals surface area contributed by atoms with E-state index in [4.69, 9.17) is 25.2 Å². The maximum Gasteiger partial charge on any atom is 0.368 e. The van der Waals surface area contributed by atoms with E-state index in [0.29, 0.717) is 0 Å². The van der Waals surface area contributed by atoms with Crippen LogP contribution in [0.25, 0.3) is 0 Å². The molecule has 74 valence electrons. The lowest BCUT2D eigenvalue weighted by atomic mass is 10.3. The van der Waals surface area contributed by atoms with Crippen LogP contribution in [0.3, 0.4) is 0 Å². The number of nitrogens with two attached hydrogens (primary N) is 2. The van der Waals surface area contributed by atoms with Crippen molar-refractivity contribution < 1.29 is 33.8 Å². The van der Waals surface area contributed by atoms with E-state index < -0.39 is 20.1 Å². The van der Waals surface area contributed by atoms with Crippen LogP contribution in [0.2, 0.25) is 0 Å². The number of anilines is 2. The first-order valence-corrected chi connectivity index (χ1v) is 6.64. The van der Waals surface area contributed by atoms with Gasteiger partial charge in [0.1, 0.15) is 0 Å². The van der Waals surface area contributed by atoms with Gasteiger partial charge in [-0.2, -0.15) is 0 Å². The van der Waals surface area contributed by atoms with Crippen LogP contribution in [0.5, 0.6) is 0 Å². The summed E-state index contributed by atoms with van der Waals surface area (Å²) in [6.07, 6.45) is 0. The van der Waals surface area contributed by atoms with Crippen LogP contribution in [-0.4, -0.2) is 3.44 Å². The maximum atomic E-state index is 8.73. The molecule has 1 rings (SSSR count). The van der Waals surface area contributed by atoms with Crippen molar-refractivity contribution in [2.75, 3.05) is 11.5 Å². The summed E-state index contributed by atoms with van der Waals surface area (Å²) < 4.78 is 33.2. The molecule has 0 aromatic heterocycles. The molecule has 0 spiro atoms. The molecule has 0 saturated heterocycles. The molecule has 0 saturated carbocycles. The Morgan fingerprint density at radius 1 is 0.923 bits per heavy atom. The molecule has 13 heavy (non-hydrogen) atoms. The Morgan fingerprint density at radius 2 is 1.08 bits per heavy atom. The molecule has 0 aliphatic carbocycles. The van der Waals surface area contributed by atoms with Crippen molar-refractivity contribution in [2.24, 2.45) is 0 Å². The predicted octanol–water partition coefficient (Wildman–Crippen LogP) is -6.27. The van der Waals surface area contributed by atoms with E-state index in [9.17, 15) is 0 Å². The van der Waals surface area contributed by atoms with Gasteiger partial charge in [0, 0.05) is 14.8 Å². The number of halogens is 1. The third-order valence-electron chi connectivity index (χ3n) is 0.936. The Morgan fingerprint density at radius 3 is 1.23 bits per heavy atom. The van der Waals surface area contributed by atoms with E-state index in [-0.39, 0.29) is 0 Å². The summed E-state index contributed by atoms with van der Waals surface area (Å²) in [7, 11) is 0. The number of hydrogen-bond acceptors (Lipinski definition) is 6. The second-order valence-corrected chi connectivity index (χ2v) is 4.32. The first-order valence-electron chi connectivity index (χ1n) is 3.03. The van der Waals surface area contributed by atoms with Crippen LogP contribution in [-0.2, 0) is 0 Å². The highest BCUT2D eigenvalue weighted by molar-refractivity contribution is 5.47. The molecule has 0 aliphatic heterocycles. The standard InChI is InChI=1S/C6H8N2.HIO4/c7-5-1-2-6(8)4-3-5;2-1(3,4)5/h1-4H,7-8H2;2H. The zero-order valence-electron chi connectivity index (χ0n) is 6.51. The average Bonchev–Trinajstić information content (AvgIpc) is 1.92. The van der Waals surface area contributed by atoms with Gasteiger partial charge < -0.3 is 11.5 Å². The quantitative estimate of drug-likeness (QED) is 0.321. The molecule has 0 unspecified atom stereocenters. The average molecular weight is 300 g/mol. The molecular weight excluding hydrogens is 291 g/mol. The second-order valence-electron chi connectivity index (χ2n) is 2.06. The van der Waals surface area contributed by atoms with Crippen LogP contribution in [0.4, 0.5) is 11.4 Å². The Kier molecular flexibility index (Phi) is 4.95. The molecule has 0 heterocycles. The fourth-order valence-electron chi connectivity index (χ4n) is 0.496. The fraction of sp³-hybridized carbons (Fsp3) is 0. The number of nitrogen functional groups attached to an aromatic ring is 2. The smallest absolute Gasteiger partial charge is 0.368 e. The van der Waals surface area contributed by atoms with Crippen molar-refractivity contribution >= 4 is 11.4 Å². The minimum atomic E-state index is -5.69. The zero-order valence-corrected chi connectivity index (χ0v) is 8.67. The van der Waals surface area contributed by atoms with Crippen molar-refractivity contribution in [3.05, 3.63) is 24.3 Å². The largest absolute Gasteiger partial charge is 0.399 e. The summed E-state index contributed by atoms with van der Waals surface area (Å²) in [5, 5.41) is 0. The molecule has 0 bridgehead atoms. The topological polar surface area (TPSA) is 141 Å². The molecule has 0 fully saturated rings. The van der Waals surface area contributed by atoms with E-state index >= 15 is 0 Å². The lowest BCUT2D eigenvalue weighted by Crippen LogP contribution is -4.23. The van der Waals surface area contributed by atoms with Crippen molar-refractivity contribution in [1.82, 2.24) is 0 Å². The molecule has 5 N–H and O–H groups in total. The Balaban J connectivity index is 0.000000252. The molecule has 1 aromatic carbocycles. The van der Waals surface area contributed by atoms with Gasteiger partial charge in [0.25, 0.3) is 0 Å². The Hall–Kier alpha value is -0.610. The van der Waals surface area contributed by atoms with Crippen molar-refractivity contribution in [3.8, 4) is 0 Å². The Bertz CT molecular complexity index is 219. The van der Waals surface area contributed by atoms with Crippen LogP contribution < -0.4 is 41.9 Å². The summed E-state index contributed by atoms with van der Waals surface area (Å²) in [5.74, 6) is 0. The van der Waals surface area contributed by atoms with Gasteiger partial charge in [-0.3, -0.25) is 10.3 Å². The van der Waals surface area contributed by atoms with Gasteiger partial charge in [0.2, 0.25) is 0 Å². The van der Waals surface area contributed by atoms with Gasteiger partial charge in [0.15, 0.2) is 0 Å². The number of hydrogen-bond donors (Lipinski definition) is 3. The molecule has 7 heteroatoms. The summed E-state index contributed by atoms with van der Waals surface area (Å²) in [4.78, 5) is 0. The van der Waals surface area contributed by atoms with Gasteiger partial charge in [-0.25, -0.2) is 0 Å². The lowest BCUT2D eigenvalue weighted by molar-refractivity contribution is -1.92. The van der Waals surface area contributed by atoms with E-state index in [2.05, 4.69) is 0 Å². The Labute approximate surface area is 81.1 Å². The first-order chi connectivity index (χ1) is 5.79. The van der Waals surface area contributed by atoms with Crippen molar-refractivity contribution in [2.45, 2.75) is 0 Å². The van der Waals surface area contributed by atoms with Crippen LogP contribution >= 0.6 is 0 Å². The van der Waals surface area contributed by atoms with E-state index in [1.807, 2.05) is 0 Å². The van der Waals surface area contributed by atoms with Crippen molar-refractivity contribution in [1.29, 1.82) is 0 Å². The lowest BCUT2D eigenvalue weighted by Gasteiger charge is -1.93. The molecule has 0 radical (unpaired) electrons. The molecule has 0 atom stereocenters. The predicted molar refractivity (Wildman–Crippen MR) is 37.5 cm³/mol. The van der Waals surface area contributed by atoms with Crippen LogP contribution in [0, 0.1) is 0 Å². The first kappa shape index (κ1) is 12.4. The van der Waals surface area contributed by atoms with E-state index in [1.54, 1.807) is 24.3 Å². The summed E-state index contributed by atoms with van der Waals surface area (Å²) in [6, 6.07) is 7.09. The van der Waals surface area contributed by atoms with E-state index in [1.165, 1.54) is 0 Å². The highest BCUT2D eigenvalue weighted by Crippen LogP contribution is 2.04. The maximum absolute atomic E-state index is 8.73. The highest BCUT2D eigenvalue weighted by Gasteiger charge is 2.11. The molecule has 1 aromatic rings. The SMILES string of the molecule is Nc1ccc(N)cc1.[O-][I+3]([O-])([O-])O. The number of benzene rings is 1. The second kappa shape index (κ2) is 5.19.